The van der Waals surface area contributed by atoms with Crippen LogP contribution in [0.5, 0.6) is 0 Å². The first-order valence-electron chi connectivity index (χ1n) is 5.85. The lowest BCUT2D eigenvalue weighted by Gasteiger charge is -2.11. The number of halogens is 2. The lowest BCUT2D eigenvalue weighted by atomic mass is 10.3. The lowest BCUT2D eigenvalue weighted by Crippen LogP contribution is -2.07. The van der Waals surface area contributed by atoms with Gasteiger partial charge in [-0.1, -0.05) is 17.7 Å². The highest BCUT2D eigenvalue weighted by Gasteiger charge is 2.09. The molecule has 0 fully saturated rings. The number of methoxy groups -OCH3 is 1. The highest BCUT2D eigenvalue weighted by atomic mass is 79.9. The summed E-state index contributed by atoms with van der Waals surface area (Å²) in [5.41, 5.74) is 1.84. The normalized spacial score (nSPS) is 10.7. The minimum atomic E-state index is 0.640. The van der Waals surface area contributed by atoms with E-state index < -0.39 is 0 Å². The zero-order valence-electron chi connectivity index (χ0n) is 10.8. The fourth-order valence-corrected chi connectivity index (χ4v) is 2.27. The Balaban J connectivity index is 2.25. The Morgan fingerprint density at radius 1 is 1.47 bits per heavy atom. The lowest BCUT2D eigenvalue weighted by molar-refractivity contribution is 0.188. The third-order valence-corrected chi connectivity index (χ3v) is 4.03. The van der Waals surface area contributed by atoms with Crippen molar-refractivity contribution in [3.8, 4) is 0 Å². The molecule has 0 aliphatic carbocycles. The van der Waals surface area contributed by atoms with Gasteiger partial charge in [-0.15, -0.1) is 0 Å². The van der Waals surface area contributed by atoms with Gasteiger partial charge in [0.25, 0.3) is 0 Å². The molecule has 2 aromatic rings. The molecule has 1 aromatic heterocycles. The number of nitrogens with one attached hydrogen (secondary N) is 1. The summed E-state index contributed by atoms with van der Waals surface area (Å²) >= 11 is 9.54. The van der Waals surface area contributed by atoms with Gasteiger partial charge in [0.05, 0.1) is 27.5 Å². The van der Waals surface area contributed by atoms with Crippen molar-refractivity contribution in [2.45, 2.75) is 13.5 Å². The molecule has 19 heavy (non-hydrogen) atoms. The van der Waals surface area contributed by atoms with Crippen molar-refractivity contribution in [1.29, 1.82) is 0 Å². The molecule has 2 rings (SSSR count). The van der Waals surface area contributed by atoms with E-state index in [-0.39, 0.29) is 0 Å². The second kappa shape index (κ2) is 6.41. The number of anilines is 2. The van der Waals surface area contributed by atoms with E-state index in [9.17, 15) is 0 Å². The van der Waals surface area contributed by atoms with Crippen LogP contribution in [-0.4, -0.2) is 23.3 Å². The van der Waals surface area contributed by atoms with E-state index in [0.29, 0.717) is 11.6 Å². The number of benzene rings is 1. The standard InChI is InChI=1S/C13H15BrClN3O/c1-9-8-18(6-7-19-2)13(16-9)17-11-5-3-4-10(15)12(11)14/h3-5,8H,6-7H2,1-2H3,(H,16,17). The highest BCUT2D eigenvalue weighted by Crippen LogP contribution is 2.31. The fraction of sp³-hybridized carbons (Fsp3) is 0.308. The van der Waals surface area contributed by atoms with Crippen molar-refractivity contribution in [2.24, 2.45) is 0 Å². The molecule has 0 unspecified atom stereocenters. The molecule has 0 saturated carbocycles. The van der Waals surface area contributed by atoms with Crippen LogP contribution in [-0.2, 0) is 11.3 Å². The van der Waals surface area contributed by atoms with Crippen LogP contribution in [0.25, 0.3) is 0 Å². The van der Waals surface area contributed by atoms with Crippen LogP contribution in [0.3, 0.4) is 0 Å². The minimum absolute atomic E-state index is 0.640. The van der Waals surface area contributed by atoms with Gasteiger partial charge in [0.2, 0.25) is 5.95 Å². The van der Waals surface area contributed by atoms with E-state index in [2.05, 4.69) is 26.2 Å². The predicted molar refractivity (Wildman–Crippen MR) is 81.3 cm³/mol. The first kappa shape index (κ1) is 14.4. The van der Waals surface area contributed by atoms with Crippen LogP contribution >= 0.6 is 27.5 Å². The highest BCUT2D eigenvalue weighted by molar-refractivity contribution is 9.10. The summed E-state index contributed by atoms with van der Waals surface area (Å²) in [6, 6.07) is 5.67. The van der Waals surface area contributed by atoms with E-state index >= 15 is 0 Å². The number of imidazole rings is 1. The molecule has 1 N–H and O–H groups in total. The number of hydrogen-bond donors (Lipinski definition) is 1. The van der Waals surface area contributed by atoms with Crippen molar-refractivity contribution in [3.05, 3.63) is 39.6 Å². The number of rotatable bonds is 5. The maximum Gasteiger partial charge on any atom is 0.207 e. The van der Waals surface area contributed by atoms with Crippen LogP contribution in [0, 0.1) is 6.92 Å². The van der Waals surface area contributed by atoms with E-state index in [1.165, 1.54) is 0 Å². The first-order valence-corrected chi connectivity index (χ1v) is 7.02. The van der Waals surface area contributed by atoms with Crippen LogP contribution < -0.4 is 5.32 Å². The average molecular weight is 345 g/mol. The van der Waals surface area contributed by atoms with Gasteiger partial charge in [-0.05, 0) is 35.0 Å². The van der Waals surface area contributed by atoms with Crippen molar-refractivity contribution >= 4 is 39.2 Å². The van der Waals surface area contributed by atoms with Gasteiger partial charge in [-0.3, -0.25) is 0 Å². The smallest absolute Gasteiger partial charge is 0.207 e. The minimum Gasteiger partial charge on any atom is -0.383 e. The Bertz CT molecular complexity index is 571. The molecule has 0 saturated heterocycles. The quantitative estimate of drug-likeness (QED) is 0.891. The summed E-state index contributed by atoms with van der Waals surface area (Å²) in [5.74, 6) is 0.775. The Morgan fingerprint density at radius 3 is 3.00 bits per heavy atom. The number of nitrogens with zero attached hydrogens (tertiary/aromatic N) is 2. The number of aromatic nitrogens is 2. The summed E-state index contributed by atoms with van der Waals surface area (Å²) in [6.07, 6.45) is 1.99. The molecule has 0 radical (unpaired) electrons. The van der Waals surface area contributed by atoms with Crippen molar-refractivity contribution in [3.63, 3.8) is 0 Å². The SMILES string of the molecule is COCCn1cc(C)nc1Nc1cccc(Cl)c1Br. The first-order chi connectivity index (χ1) is 9.11. The molecule has 0 atom stereocenters. The molecule has 0 spiro atoms. The molecule has 102 valence electrons. The fourth-order valence-electron chi connectivity index (χ4n) is 1.73. The second-order valence-corrected chi connectivity index (χ2v) is 5.32. The van der Waals surface area contributed by atoms with Crippen molar-refractivity contribution in [2.75, 3.05) is 19.0 Å². The number of aryl methyl sites for hydroxylation is 1. The molecule has 0 aliphatic heterocycles. The van der Waals surface area contributed by atoms with Crippen molar-refractivity contribution in [1.82, 2.24) is 9.55 Å². The number of hydrogen-bond acceptors (Lipinski definition) is 3. The summed E-state index contributed by atoms with van der Waals surface area (Å²) in [7, 11) is 1.68. The Kier molecular flexibility index (Phi) is 4.85. The van der Waals surface area contributed by atoms with Gasteiger partial charge >= 0.3 is 0 Å². The van der Waals surface area contributed by atoms with Gasteiger partial charge in [0.15, 0.2) is 0 Å². The van der Waals surface area contributed by atoms with E-state index in [1.54, 1.807) is 7.11 Å². The molecule has 0 bridgehead atoms. The van der Waals surface area contributed by atoms with Gasteiger partial charge in [-0.25, -0.2) is 4.98 Å². The summed E-state index contributed by atoms with van der Waals surface area (Å²) in [6.45, 7) is 3.35. The monoisotopic (exact) mass is 343 g/mol. The Morgan fingerprint density at radius 2 is 2.26 bits per heavy atom. The van der Waals surface area contributed by atoms with Gasteiger partial charge < -0.3 is 14.6 Å². The van der Waals surface area contributed by atoms with Crippen LogP contribution in [0.1, 0.15) is 5.69 Å². The van der Waals surface area contributed by atoms with Gasteiger partial charge in [0, 0.05) is 19.9 Å². The van der Waals surface area contributed by atoms with E-state index in [4.69, 9.17) is 16.3 Å². The predicted octanol–water partition coefficient (Wildman–Crippen LogP) is 4.00. The molecule has 1 heterocycles. The molecule has 0 aliphatic rings. The number of ether oxygens (including phenoxy) is 1. The summed E-state index contributed by atoms with van der Waals surface area (Å²) in [5, 5.41) is 3.94. The zero-order chi connectivity index (χ0) is 13.8. The van der Waals surface area contributed by atoms with Gasteiger partial charge in [-0.2, -0.15) is 0 Å². The Hall–Kier alpha value is -1.04. The zero-order valence-corrected chi connectivity index (χ0v) is 13.1. The van der Waals surface area contributed by atoms with Crippen LogP contribution in [0.15, 0.2) is 28.9 Å². The van der Waals surface area contributed by atoms with Crippen molar-refractivity contribution < 1.29 is 4.74 Å². The molecule has 6 heteroatoms. The maximum absolute atomic E-state index is 6.07. The van der Waals surface area contributed by atoms with E-state index in [0.717, 1.165) is 28.3 Å². The summed E-state index contributed by atoms with van der Waals surface area (Å²) < 4.78 is 7.95. The molecule has 0 amide bonds. The van der Waals surface area contributed by atoms with Gasteiger partial charge in [0.1, 0.15) is 0 Å². The second-order valence-electron chi connectivity index (χ2n) is 4.12. The third kappa shape index (κ3) is 3.49. The topological polar surface area (TPSA) is 39.1 Å². The van der Waals surface area contributed by atoms with E-state index in [1.807, 2.05) is 35.9 Å². The summed E-state index contributed by atoms with van der Waals surface area (Å²) in [4.78, 5) is 4.46. The maximum atomic E-state index is 6.07. The average Bonchev–Trinajstić information content (AvgIpc) is 2.73. The largest absolute Gasteiger partial charge is 0.383 e. The van der Waals surface area contributed by atoms with Crippen LogP contribution in [0.2, 0.25) is 5.02 Å². The molecular formula is C13H15BrClN3O. The molecular weight excluding hydrogens is 330 g/mol. The molecule has 4 nitrogen and oxygen atoms in total. The Labute approximate surface area is 125 Å². The van der Waals surface area contributed by atoms with Crippen LogP contribution in [0.4, 0.5) is 11.6 Å². The third-order valence-electron chi connectivity index (χ3n) is 2.63. The molecule has 1 aromatic carbocycles.